The van der Waals surface area contributed by atoms with Gasteiger partial charge in [-0.05, 0) is 18.2 Å². The zero-order chi connectivity index (χ0) is 15.6. The highest BCUT2D eigenvalue weighted by Gasteiger charge is 2.33. The summed E-state index contributed by atoms with van der Waals surface area (Å²) in [6.45, 7) is 0. The van der Waals surface area contributed by atoms with E-state index in [9.17, 15) is 18.0 Å². The normalized spacial score (nSPS) is 11.2. The molecule has 9 heteroatoms. The minimum atomic E-state index is -4.53. The van der Waals surface area contributed by atoms with Crippen LogP contribution in [0.3, 0.4) is 0 Å². The monoisotopic (exact) mass is 360 g/mol. The Bertz CT molecular complexity index is 673. The number of alkyl halides is 3. The fourth-order valence-corrected chi connectivity index (χ4v) is 1.94. The van der Waals surface area contributed by atoms with Crippen LogP contribution in [0.1, 0.15) is 16.1 Å². The number of amides is 1. The zero-order valence-electron chi connectivity index (χ0n) is 10.3. The lowest BCUT2D eigenvalue weighted by atomic mass is 10.2. The van der Waals surface area contributed by atoms with Gasteiger partial charge in [-0.15, -0.1) is 0 Å². The molecule has 0 saturated carbocycles. The van der Waals surface area contributed by atoms with Crippen LogP contribution in [0.5, 0.6) is 0 Å². The van der Waals surface area contributed by atoms with Crippen LogP contribution in [-0.4, -0.2) is 15.9 Å². The highest BCUT2D eigenvalue weighted by Crippen LogP contribution is 2.36. The van der Waals surface area contributed by atoms with Crippen LogP contribution in [0.4, 0.5) is 24.7 Å². The number of hydrogen-bond donors (Lipinski definition) is 2. The number of carbonyl (C=O) groups is 1. The number of benzene rings is 1. The number of anilines is 2. The number of nitrogens with zero attached hydrogens (tertiary/aromatic N) is 2. The smallest absolute Gasteiger partial charge is 0.382 e. The maximum atomic E-state index is 12.8. The van der Waals surface area contributed by atoms with Crippen molar-refractivity contribution in [2.45, 2.75) is 6.18 Å². The van der Waals surface area contributed by atoms with Crippen LogP contribution < -0.4 is 11.1 Å². The van der Waals surface area contributed by atoms with Crippen molar-refractivity contribution in [3.8, 4) is 0 Å². The second kappa shape index (κ2) is 5.68. The van der Waals surface area contributed by atoms with Crippen LogP contribution in [-0.2, 0) is 6.18 Å². The van der Waals surface area contributed by atoms with Crippen molar-refractivity contribution >= 4 is 33.3 Å². The summed E-state index contributed by atoms with van der Waals surface area (Å²) in [6, 6.07) is 3.36. The van der Waals surface area contributed by atoms with Gasteiger partial charge < -0.3 is 11.1 Å². The minimum absolute atomic E-state index is 0.00542. The molecule has 3 N–H and O–H groups in total. The Balaban J connectivity index is 2.24. The van der Waals surface area contributed by atoms with Gasteiger partial charge in [0.2, 0.25) is 0 Å². The zero-order valence-corrected chi connectivity index (χ0v) is 11.9. The van der Waals surface area contributed by atoms with E-state index in [-0.39, 0.29) is 21.7 Å². The molecular formula is C12H8BrF3N4O. The van der Waals surface area contributed by atoms with E-state index in [2.05, 4.69) is 31.2 Å². The molecule has 0 aliphatic carbocycles. The first-order chi connectivity index (χ1) is 9.77. The van der Waals surface area contributed by atoms with Crippen LogP contribution in [0.15, 0.2) is 35.1 Å². The molecule has 0 spiro atoms. The van der Waals surface area contributed by atoms with E-state index in [1.807, 2.05) is 0 Å². The van der Waals surface area contributed by atoms with Crippen LogP contribution in [0.25, 0.3) is 0 Å². The molecule has 1 aromatic heterocycles. The maximum Gasteiger partial charge on any atom is 0.417 e. The SMILES string of the molecule is Nc1cnc(C(=O)Nc2ccc(Br)c(C(F)(F)F)c2)cn1. The molecule has 2 aromatic rings. The van der Waals surface area contributed by atoms with Crippen molar-refractivity contribution in [2.24, 2.45) is 0 Å². The van der Waals surface area contributed by atoms with Gasteiger partial charge in [0.25, 0.3) is 5.91 Å². The van der Waals surface area contributed by atoms with Gasteiger partial charge >= 0.3 is 6.18 Å². The number of halogens is 4. The standard InChI is InChI=1S/C12H8BrF3N4O/c13-8-2-1-6(3-7(8)12(14,15)16)20-11(21)9-4-19-10(17)5-18-9/h1-5H,(H2,17,19)(H,20,21). The molecule has 1 aromatic carbocycles. The Morgan fingerprint density at radius 3 is 2.52 bits per heavy atom. The van der Waals surface area contributed by atoms with Gasteiger partial charge in [0, 0.05) is 10.2 Å². The third-order valence-corrected chi connectivity index (χ3v) is 3.13. The Labute approximate surface area is 125 Å². The third kappa shape index (κ3) is 3.69. The summed E-state index contributed by atoms with van der Waals surface area (Å²) < 4.78 is 38.2. The summed E-state index contributed by atoms with van der Waals surface area (Å²) in [6.07, 6.45) is -2.22. The number of rotatable bonds is 2. The van der Waals surface area contributed by atoms with Gasteiger partial charge in [0.1, 0.15) is 11.5 Å². The van der Waals surface area contributed by atoms with Crippen molar-refractivity contribution in [2.75, 3.05) is 11.1 Å². The number of aromatic nitrogens is 2. The molecule has 2 rings (SSSR count). The fourth-order valence-electron chi connectivity index (χ4n) is 1.47. The first-order valence-electron chi connectivity index (χ1n) is 5.53. The lowest BCUT2D eigenvalue weighted by Crippen LogP contribution is -2.15. The van der Waals surface area contributed by atoms with Gasteiger partial charge in [-0.1, -0.05) is 15.9 Å². The Hall–Kier alpha value is -2.16. The van der Waals surface area contributed by atoms with E-state index in [4.69, 9.17) is 5.73 Å². The molecule has 0 aliphatic heterocycles. The van der Waals surface area contributed by atoms with E-state index in [0.29, 0.717) is 0 Å². The van der Waals surface area contributed by atoms with E-state index < -0.39 is 17.6 Å². The number of carbonyl (C=O) groups excluding carboxylic acids is 1. The first kappa shape index (κ1) is 15.2. The molecular weight excluding hydrogens is 353 g/mol. The predicted molar refractivity (Wildman–Crippen MR) is 73.5 cm³/mol. The highest BCUT2D eigenvalue weighted by molar-refractivity contribution is 9.10. The number of nitrogens with one attached hydrogen (secondary N) is 1. The van der Waals surface area contributed by atoms with Gasteiger partial charge in [-0.3, -0.25) is 4.79 Å². The summed E-state index contributed by atoms with van der Waals surface area (Å²) >= 11 is 2.82. The summed E-state index contributed by atoms with van der Waals surface area (Å²) in [7, 11) is 0. The minimum Gasteiger partial charge on any atom is -0.382 e. The van der Waals surface area contributed by atoms with Crippen molar-refractivity contribution in [1.29, 1.82) is 0 Å². The maximum absolute atomic E-state index is 12.8. The molecule has 0 atom stereocenters. The molecule has 5 nitrogen and oxygen atoms in total. The Kier molecular flexibility index (Phi) is 4.12. The lowest BCUT2D eigenvalue weighted by molar-refractivity contribution is -0.138. The van der Waals surface area contributed by atoms with Crippen LogP contribution in [0, 0.1) is 0 Å². The number of nitrogen functional groups attached to an aromatic ring is 1. The van der Waals surface area contributed by atoms with Gasteiger partial charge in [0.05, 0.1) is 18.0 Å². The number of hydrogen-bond acceptors (Lipinski definition) is 4. The summed E-state index contributed by atoms with van der Waals surface area (Å²) in [5.41, 5.74) is 4.38. The summed E-state index contributed by atoms with van der Waals surface area (Å²) in [5.74, 6) is -0.549. The molecule has 21 heavy (non-hydrogen) atoms. The third-order valence-electron chi connectivity index (χ3n) is 2.43. The topological polar surface area (TPSA) is 80.9 Å². The molecule has 0 bridgehead atoms. The second-order valence-electron chi connectivity index (χ2n) is 3.97. The summed E-state index contributed by atoms with van der Waals surface area (Å²) in [5, 5.41) is 2.31. The van der Waals surface area contributed by atoms with Crippen molar-refractivity contribution in [1.82, 2.24) is 9.97 Å². The second-order valence-corrected chi connectivity index (χ2v) is 4.83. The van der Waals surface area contributed by atoms with Crippen molar-refractivity contribution in [3.63, 3.8) is 0 Å². The largest absolute Gasteiger partial charge is 0.417 e. The molecule has 0 unspecified atom stereocenters. The number of nitrogens with two attached hydrogens (primary N) is 1. The van der Waals surface area contributed by atoms with Gasteiger partial charge in [-0.2, -0.15) is 13.2 Å². The molecule has 0 fully saturated rings. The lowest BCUT2D eigenvalue weighted by Gasteiger charge is -2.11. The molecule has 110 valence electrons. The van der Waals surface area contributed by atoms with E-state index >= 15 is 0 Å². The van der Waals surface area contributed by atoms with Crippen molar-refractivity contribution in [3.05, 3.63) is 46.3 Å². The highest BCUT2D eigenvalue weighted by atomic mass is 79.9. The van der Waals surface area contributed by atoms with Crippen LogP contribution in [0.2, 0.25) is 0 Å². The van der Waals surface area contributed by atoms with E-state index in [0.717, 1.165) is 12.3 Å². The van der Waals surface area contributed by atoms with E-state index in [1.54, 1.807) is 0 Å². The summed E-state index contributed by atoms with van der Waals surface area (Å²) in [4.78, 5) is 19.2. The fraction of sp³-hybridized carbons (Fsp3) is 0.0833. The first-order valence-corrected chi connectivity index (χ1v) is 6.32. The molecule has 0 aliphatic rings. The van der Waals surface area contributed by atoms with Crippen molar-refractivity contribution < 1.29 is 18.0 Å². The molecule has 1 heterocycles. The van der Waals surface area contributed by atoms with Gasteiger partial charge in [0.15, 0.2) is 0 Å². The van der Waals surface area contributed by atoms with Crippen LogP contribution >= 0.6 is 15.9 Å². The van der Waals surface area contributed by atoms with Gasteiger partial charge in [-0.25, -0.2) is 9.97 Å². The quantitative estimate of drug-likeness (QED) is 0.862. The Morgan fingerprint density at radius 2 is 1.95 bits per heavy atom. The molecule has 1 amide bonds. The average molecular weight is 361 g/mol. The average Bonchev–Trinajstić information content (AvgIpc) is 2.40. The molecule has 0 saturated heterocycles. The predicted octanol–water partition coefficient (Wildman–Crippen LogP) is 3.09. The molecule has 0 radical (unpaired) electrons. The Morgan fingerprint density at radius 1 is 1.24 bits per heavy atom. The van der Waals surface area contributed by atoms with E-state index in [1.165, 1.54) is 18.3 Å².